The number of aryl methyl sites for hydroxylation is 3. The van der Waals surface area contributed by atoms with E-state index in [1.807, 2.05) is 25.8 Å². The Morgan fingerprint density at radius 2 is 1.87 bits per heavy atom. The summed E-state index contributed by atoms with van der Waals surface area (Å²) in [4.78, 5) is 13.5. The zero-order valence-electron chi connectivity index (χ0n) is 17.8. The van der Waals surface area contributed by atoms with E-state index >= 15 is 0 Å². The molecule has 0 aliphatic carbocycles. The van der Waals surface area contributed by atoms with E-state index in [2.05, 4.69) is 9.88 Å². The van der Waals surface area contributed by atoms with Crippen LogP contribution < -0.4 is 9.62 Å². The van der Waals surface area contributed by atoms with E-state index in [4.69, 9.17) is 4.52 Å². The lowest BCUT2D eigenvalue weighted by Crippen LogP contribution is -2.23. The monoisotopic (exact) mass is 443 g/mol. The van der Waals surface area contributed by atoms with Crippen molar-refractivity contribution in [1.82, 2.24) is 5.16 Å². The second kappa shape index (κ2) is 8.81. The molecule has 0 fully saturated rings. The van der Waals surface area contributed by atoms with Gasteiger partial charge in [-0.2, -0.15) is 0 Å². The number of carboxylic acids is 1. The molecule has 2 aromatic carbocycles. The molecule has 31 heavy (non-hydrogen) atoms. The van der Waals surface area contributed by atoms with Crippen LogP contribution in [0.5, 0.6) is 0 Å². The van der Waals surface area contributed by atoms with Crippen LogP contribution in [0.15, 0.2) is 51.9 Å². The number of sulfonamides is 1. The van der Waals surface area contributed by atoms with E-state index in [-0.39, 0.29) is 16.1 Å². The first kappa shape index (κ1) is 22.4. The summed E-state index contributed by atoms with van der Waals surface area (Å²) in [7, 11) is -2.09. The van der Waals surface area contributed by atoms with Crippen molar-refractivity contribution in [2.75, 3.05) is 23.2 Å². The van der Waals surface area contributed by atoms with E-state index in [1.54, 1.807) is 31.2 Å². The molecule has 0 saturated heterocycles. The molecule has 0 aliphatic rings. The van der Waals surface area contributed by atoms with E-state index < -0.39 is 16.0 Å². The quantitative estimate of drug-likeness (QED) is 0.545. The Kier molecular flexibility index (Phi) is 6.35. The molecule has 0 radical (unpaired) electrons. The molecule has 3 aromatic rings. The van der Waals surface area contributed by atoms with Crippen molar-refractivity contribution in [3.05, 3.63) is 70.6 Å². The summed E-state index contributed by atoms with van der Waals surface area (Å²) < 4.78 is 33.8. The summed E-state index contributed by atoms with van der Waals surface area (Å²) in [6.07, 6.45) is 0.641. The van der Waals surface area contributed by atoms with Crippen LogP contribution in [0.25, 0.3) is 0 Å². The van der Waals surface area contributed by atoms with Gasteiger partial charge in [0, 0.05) is 19.2 Å². The second-order valence-corrected chi connectivity index (χ2v) is 9.03. The standard InChI is InChI=1S/C22H25N3O5S/c1-14-7-5-6-8-21(14)31(28,29)24-19-13-17(22(26)27)9-10-20(19)25(4)12-11-18-15(2)23-30-16(18)3/h5-10,13,24H,11-12H2,1-4H3,(H,26,27). The lowest BCUT2D eigenvalue weighted by atomic mass is 10.1. The number of hydrogen-bond acceptors (Lipinski definition) is 6. The number of nitrogens with one attached hydrogen (secondary N) is 1. The van der Waals surface area contributed by atoms with E-state index in [0.717, 1.165) is 17.0 Å². The van der Waals surface area contributed by atoms with Crippen molar-refractivity contribution in [3.63, 3.8) is 0 Å². The molecule has 2 N–H and O–H groups in total. The van der Waals surface area contributed by atoms with Gasteiger partial charge in [0.2, 0.25) is 0 Å². The van der Waals surface area contributed by atoms with Crippen LogP contribution in [0.1, 0.15) is 32.9 Å². The van der Waals surface area contributed by atoms with Crippen LogP contribution in [0.4, 0.5) is 11.4 Å². The minimum atomic E-state index is -3.91. The predicted octanol–water partition coefficient (Wildman–Crippen LogP) is 3.78. The first-order valence-corrected chi connectivity index (χ1v) is 11.2. The first-order chi connectivity index (χ1) is 14.6. The van der Waals surface area contributed by atoms with Gasteiger partial charge < -0.3 is 14.5 Å². The topological polar surface area (TPSA) is 113 Å². The van der Waals surface area contributed by atoms with E-state index in [0.29, 0.717) is 24.2 Å². The normalized spacial score (nSPS) is 11.4. The van der Waals surface area contributed by atoms with Gasteiger partial charge in [0.25, 0.3) is 10.0 Å². The third-order valence-corrected chi connectivity index (χ3v) is 6.69. The molecular weight excluding hydrogens is 418 g/mol. The fraction of sp³-hybridized carbons (Fsp3) is 0.273. The Bertz CT molecular complexity index is 1200. The minimum Gasteiger partial charge on any atom is -0.478 e. The molecule has 0 amide bonds. The number of carbonyl (C=O) groups is 1. The highest BCUT2D eigenvalue weighted by Gasteiger charge is 2.21. The van der Waals surface area contributed by atoms with Gasteiger partial charge >= 0.3 is 5.97 Å². The van der Waals surface area contributed by atoms with Gasteiger partial charge in [-0.3, -0.25) is 4.72 Å². The Labute approximate surface area is 181 Å². The highest BCUT2D eigenvalue weighted by molar-refractivity contribution is 7.92. The molecule has 3 rings (SSSR count). The Morgan fingerprint density at radius 3 is 2.48 bits per heavy atom. The molecule has 9 heteroatoms. The third-order valence-electron chi connectivity index (χ3n) is 5.16. The van der Waals surface area contributed by atoms with Crippen molar-refractivity contribution in [2.45, 2.75) is 32.1 Å². The molecule has 0 aliphatic heterocycles. The van der Waals surface area contributed by atoms with Crippen LogP contribution in [0, 0.1) is 20.8 Å². The lowest BCUT2D eigenvalue weighted by molar-refractivity contribution is 0.0697. The molecular formula is C22H25N3O5S. The van der Waals surface area contributed by atoms with Gasteiger partial charge in [0.05, 0.1) is 27.5 Å². The maximum atomic E-state index is 13.0. The van der Waals surface area contributed by atoms with Crippen LogP contribution in [0.2, 0.25) is 0 Å². The number of rotatable bonds is 8. The summed E-state index contributed by atoms with van der Waals surface area (Å²) >= 11 is 0. The van der Waals surface area contributed by atoms with Crippen molar-refractivity contribution in [1.29, 1.82) is 0 Å². The Balaban J connectivity index is 1.94. The minimum absolute atomic E-state index is 0.00893. The smallest absolute Gasteiger partial charge is 0.335 e. The zero-order chi connectivity index (χ0) is 22.8. The summed E-state index contributed by atoms with van der Waals surface area (Å²) in [5, 5.41) is 13.3. The average Bonchev–Trinajstić information content (AvgIpc) is 3.03. The second-order valence-electron chi connectivity index (χ2n) is 7.38. The SMILES string of the molecule is Cc1ccccc1S(=O)(=O)Nc1cc(C(=O)O)ccc1N(C)CCc1c(C)noc1C. The molecule has 0 bridgehead atoms. The number of benzene rings is 2. The van der Waals surface area contributed by atoms with E-state index in [1.165, 1.54) is 18.2 Å². The van der Waals surface area contributed by atoms with Gasteiger partial charge in [-0.1, -0.05) is 23.4 Å². The predicted molar refractivity (Wildman–Crippen MR) is 118 cm³/mol. The summed E-state index contributed by atoms with van der Waals surface area (Å²) in [6, 6.07) is 11.0. The number of nitrogens with zero attached hydrogens (tertiary/aromatic N) is 2. The number of likely N-dealkylation sites (N-methyl/N-ethyl adjacent to an activating group) is 1. The van der Waals surface area contributed by atoms with Crippen LogP contribution >= 0.6 is 0 Å². The lowest BCUT2D eigenvalue weighted by Gasteiger charge is -2.23. The molecule has 0 saturated carbocycles. The van der Waals surface area contributed by atoms with Gasteiger partial charge in [-0.25, -0.2) is 13.2 Å². The maximum absolute atomic E-state index is 13.0. The van der Waals surface area contributed by atoms with E-state index in [9.17, 15) is 18.3 Å². The number of aromatic carboxylic acids is 1. The summed E-state index contributed by atoms with van der Waals surface area (Å²) in [5.74, 6) is -0.395. The molecule has 0 unspecified atom stereocenters. The number of carboxylic acid groups (broad SMARTS) is 1. The highest BCUT2D eigenvalue weighted by atomic mass is 32.2. The molecule has 8 nitrogen and oxygen atoms in total. The summed E-state index contributed by atoms with van der Waals surface area (Å²) in [5.41, 5.74) is 3.16. The highest BCUT2D eigenvalue weighted by Crippen LogP contribution is 2.30. The number of aromatic nitrogens is 1. The fourth-order valence-electron chi connectivity index (χ4n) is 3.40. The van der Waals surface area contributed by atoms with Crippen molar-refractivity contribution >= 4 is 27.4 Å². The van der Waals surface area contributed by atoms with Gasteiger partial charge in [-0.05, 0) is 57.0 Å². The van der Waals surface area contributed by atoms with Crippen molar-refractivity contribution < 1.29 is 22.8 Å². The fourth-order valence-corrected chi connectivity index (χ4v) is 4.71. The molecule has 1 aromatic heterocycles. The number of hydrogen-bond donors (Lipinski definition) is 2. The van der Waals surface area contributed by atoms with Crippen LogP contribution in [0.3, 0.4) is 0 Å². The maximum Gasteiger partial charge on any atom is 0.335 e. The zero-order valence-corrected chi connectivity index (χ0v) is 18.7. The van der Waals surface area contributed by atoms with Crippen LogP contribution in [-0.2, 0) is 16.4 Å². The number of anilines is 2. The first-order valence-electron chi connectivity index (χ1n) is 9.69. The Hall–Kier alpha value is -3.33. The van der Waals surface area contributed by atoms with Gasteiger partial charge in [-0.15, -0.1) is 0 Å². The summed E-state index contributed by atoms with van der Waals surface area (Å²) in [6.45, 7) is 5.97. The van der Waals surface area contributed by atoms with Crippen LogP contribution in [-0.4, -0.2) is 38.2 Å². The Morgan fingerprint density at radius 1 is 1.16 bits per heavy atom. The molecule has 164 valence electrons. The van der Waals surface area contributed by atoms with Gasteiger partial charge in [0.15, 0.2) is 0 Å². The van der Waals surface area contributed by atoms with Crippen molar-refractivity contribution in [2.24, 2.45) is 0 Å². The molecule has 0 spiro atoms. The molecule has 0 atom stereocenters. The van der Waals surface area contributed by atoms with Crippen molar-refractivity contribution in [3.8, 4) is 0 Å². The average molecular weight is 444 g/mol. The largest absolute Gasteiger partial charge is 0.478 e. The van der Waals surface area contributed by atoms with Gasteiger partial charge in [0.1, 0.15) is 5.76 Å². The molecule has 1 heterocycles. The third kappa shape index (κ3) is 4.88.